The molecule has 2 aromatic rings. The lowest BCUT2D eigenvalue weighted by Crippen LogP contribution is -2.00. The zero-order chi connectivity index (χ0) is 12.4. The van der Waals surface area contributed by atoms with Crippen LogP contribution in [0.4, 0.5) is 8.78 Å². The van der Waals surface area contributed by atoms with Crippen LogP contribution in [0.2, 0.25) is 0 Å². The molecule has 0 aromatic carbocycles. The van der Waals surface area contributed by atoms with Crippen molar-refractivity contribution in [2.75, 3.05) is 13.3 Å². The van der Waals surface area contributed by atoms with Crippen molar-refractivity contribution in [1.82, 2.24) is 9.61 Å². The number of hydrogen-bond donors (Lipinski definition) is 0. The molecule has 17 heavy (non-hydrogen) atoms. The summed E-state index contributed by atoms with van der Waals surface area (Å²) >= 11 is 3.18. The fourth-order valence-electron chi connectivity index (χ4n) is 1.44. The Morgan fingerprint density at radius 3 is 3.00 bits per heavy atom. The van der Waals surface area contributed by atoms with Crippen LogP contribution >= 0.6 is 15.9 Å². The molecule has 0 fully saturated rings. The average molecular weight is 305 g/mol. The van der Waals surface area contributed by atoms with Crippen LogP contribution in [0.15, 0.2) is 16.7 Å². The van der Waals surface area contributed by atoms with Crippen molar-refractivity contribution in [3.8, 4) is 5.75 Å². The lowest BCUT2D eigenvalue weighted by atomic mass is 10.3. The Morgan fingerprint density at radius 1 is 1.59 bits per heavy atom. The van der Waals surface area contributed by atoms with E-state index in [4.69, 9.17) is 4.74 Å². The minimum Gasteiger partial charge on any atom is -0.489 e. The first-order valence-corrected chi connectivity index (χ1v) is 5.48. The summed E-state index contributed by atoms with van der Waals surface area (Å²) in [4.78, 5) is 10.7. The predicted molar refractivity (Wildman–Crippen MR) is 59.7 cm³/mol. The minimum absolute atomic E-state index is 0.0950. The van der Waals surface area contributed by atoms with Gasteiger partial charge in [-0.2, -0.15) is 4.39 Å². The largest absolute Gasteiger partial charge is 0.489 e. The summed E-state index contributed by atoms with van der Waals surface area (Å²) in [6, 6.07) is 1.53. The van der Waals surface area contributed by atoms with E-state index in [0.717, 1.165) is 0 Å². The van der Waals surface area contributed by atoms with Crippen LogP contribution in [-0.2, 0) is 0 Å². The summed E-state index contributed by atoms with van der Waals surface area (Å²) in [5, 5.41) is 3.53. The van der Waals surface area contributed by atoms with Crippen molar-refractivity contribution >= 4 is 27.7 Å². The van der Waals surface area contributed by atoms with Gasteiger partial charge in [0.05, 0.1) is 17.3 Å². The number of alkyl halides is 1. The molecule has 0 saturated heterocycles. The number of fused-ring (bicyclic) bond motifs is 1. The fourth-order valence-corrected chi connectivity index (χ4v) is 2.06. The van der Waals surface area contributed by atoms with Gasteiger partial charge in [-0.05, 0) is 22.0 Å². The summed E-state index contributed by atoms with van der Waals surface area (Å²) in [5.74, 6) is -0.523. The number of hydrogen-bond acceptors (Lipinski definition) is 3. The summed E-state index contributed by atoms with van der Waals surface area (Å²) < 4.78 is 31.9. The zero-order valence-electron chi connectivity index (χ0n) is 8.49. The second-order valence-corrected chi connectivity index (χ2v) is 4.03. The molecule has 0 aliphatic rings. The third kappa shape index (κ3) is 2.14. The molecule has 0 N–H and O–H groups in total. The number of aldehydes is 1. The monoisotopic (exact) mass is 304 g/mol. The molecule has 0 unspecified atom stereocenters. The van der Waals surface area contributed by atoms with E-state index in [9.17, 15) is 13.6 Å². The van der Waals surface area contributed by atoms with Crippen molar-refractivity contribution in [2.45, 2.75) is 0 Å². The smallest absolute Gasteiger partial charge is 0.244 e. The zero-order valence-corrected chi connectivity index (χ0v) is 10.1. The van der Waals surface area contributed by atoms with Crippen LogP contribution in [-0.4, -0.2) is 29.2 Å². The summed E-state index contributed by atoms with van der Waals surface area (Å²) in [7, 11) is 0. The molecule has 90 valence electrons. The third-order valence-corrected chi connectivity index (χ3v) is 2.71. The van der Waals surface area contributed by atoms with E-state index in [1.165, 1.54) is 16.8 Å². The van der Waals surface area contributed by atoms with E-state index in [1.54, 1.807) is 0 Å². The molecule has 2 rings (SSSR count). The van der Waals surface area contributed by atoms with Crippen molar-refractivity contribution in [1.29, 1.82) is 0 Å². The molecule has 0 atom stereocenters. The number of pyridine rings is 1. The molecule has 0 saturated carbocycles. The molecule has 2 heterocycles. The third-order valence-electron chi connectivity index (χ3n) is 2.11. The fraction of sp³-hybridized carbons (Fsp3) is 0.200. The van der Waals surface area contributed by atoms with Crippen LogP contribution in [0, 0.1) is 5.95 Å². The summed E-state index contributed by atoms with van der Waals surface area (Å²) in [5.41, 5.74) is 0.180. The number of aromatic nitrogens is 2. The Labute approximate surface area is 103 Å². The van der Waals surface area contributed by atoms with E-state index < -0.39 is 12.6 Å². The van der Waals surface area contributed by atoms with Crippen LogP contribution < -0.4 is 4.74 Å². The molecular weight excluding hydrogens is 298 g/mol. The van der Waals surface area contributed by atoms with Crippen LogP contribution in [0.5, 0.6) is 5.75 Å². The van der Waals surface area contributed by atoms with E-state index in [0.29, 0.717) is 22.0 Å². The Hall–Kier alpha value is -1.50. The van der Waals surface area contributed by atoms with E-state index in [2.05, 4.69) is 21.0 Å². The highest BCUT2D eigenvalue weighted by atomic mass is 79.9. The predicted octanol–water partition coefficient (Wildman–Crippen LogP) is 2.40. The molecule has 0 radical (unpaired) electrons. The standard InChI is InChI=1S/C10H7BrF2N2O2/c11-8-3-6(17-2-1-12)4-15-9(8)7(5-16)10(13)14-15/h3-5H,1-2H2. The normalized spacial score (nSPS) is 10.8. The Kier molecular flexibility index (Phi) is 3.37. The van der Waals surface area contributed by atoms with Gasteiger partial charge in [0, 0.05) is 4.47 Å². The average Bonchev–Trinajstić information content (AvgIpc) is 2.62. The highest BCUT2D eigenvalue weighted by Gasteiger charge is 2.15. The number of rotatable bonds is 4. The van der Waals surface area contributed by atoms with E-state index in [1.807, 2.05) is 0 Å². The maximum Gasteiger partial charge on any atom is 0.244 e. The number of halogens is 3. The molecule has 0 aliphatic carbocycles. The first kappa shape index (κ1) is 12.0. The Balaban J connectivity index is 2.55. The summed E-state index contributed by atoms with van der Waals surface area (Å²) in [6.07, 6.45) is 1.77. The van der Waals surface area contributed by atoms with Crippen LogP contribution in [0.1, 0.15) is 10.4 Å². The maximum atomic E-state index is 13.3. The number of carbonyl (C=O) groups excluding carboxylic acids is 1. The topological polar surface area (TPSA) is 43.6 Å². The van der Waals surface area contributed by atoms with Gasteiger partial charge in [-0.1, -0.05) is 0 Å². The summed E-state index contributed by atoms with van der Waals surface area (Å²) in [6.45, 7) is -0.717. The van der Waals surface area contributed by atoms with Crippen LogP contribution in [0.25, 0.3) is 5.52 Å². The van der Waals surface area contributed by atoms with Gasteiger partial charge in [0.2, 0.25) is 5.95 Å². The lowest BCUT2D eigenvalue weighted by Gasteiger charge is -2.05. The van der Waals surface area contributed by atoms with Gasteiger partial charge in [0.25, 0.3) is 0 Å². The molecule has 0 aliphatic heterocycles. The van der Waals surface area contributed by atoms with Gasteiger partial charge in [0.15, 0.2) is 6.29 Å². The number of ether oxygens (including phenoxy) is 1. The van der Waals surface area contributed by atoms with Crippen molar-refractivity contribution in [3.05, 3.63) is 28.2 Å². The molecule has 0 spiro atoms. The SMILES string of the molecule is O=Cc1c(F)nn2cc(OCCF)cc(Br)c12. The molecular formula is C10H7BrF2N2O2. The Morgan fingerprint density at radius 2 is 2.35 bits per heavy atom. The minimum atomic E-state index is -0.858. The van der Waals surface area contributed by atoms with E-state index >= 15 is 0 Å². The van der Waals surface area contributed by atoms with Crippen molar-refractivity contribution in [3.63, 3.8) is 0 Å². The molecule has 0 bridgehead atoms. The number of nitrogens with zero attached hydrogens (tertiary/aromatic N) is 2. The van der Waals surface area contributed by atoms with Gasteiger partial charge < -0.3 is 4.74 Å². The second kappa shape index (κ2) is 4.79. The van der Waals surface area contributed by atoms with Gasteiger partial charge >= 0.3 is 0 Å². The Bertz CT molecular complexity index is 571. The first-order valence-electron chi connectivity index (χ1n) is 4.68. The molecule has 7 heteroatoms. The number of carbonyl (C=O) groups is 1. The maximum absolute atomic E-state index is 13.3. The molecule has 2 aromatic heterocycles. The van der Waals surface area contributed by atoms with Gasteiger partial charge in [-0.25, -0.2) is 8.91 Å². The quantitative estimate of drug-likeness (QED) is 0.815. The van der Waals surface area contributed by atoms with E-state index in [-0.39, 0.29) is 12.2 Å². The van der Waals surface area contributed by atoms with Crippen molar-refractivity contribution < 1.29 is 18.3 Å². The first-order chi connectivity index (χ1) is 8.17. The van der Waals surface area contributed by atoms with Crippen molar-refractivity contribution in [2.24, 2.45) is 0 Å². The molecule has 0 amide bonds. The van der Waals surface area contributed by atoms with Gasteiger partial charge in [0.1, 0.15) is 19.0 Å². The highest BCUT2D eigenvalue weighted by Crippen LogP contribution is 2.27. The van der Waals surface area contributed by atoms with Gasteiger partial charge in [-0.15, -0.1) is 5.10 Å². The highest BCUT2D eigenvalue weighted by molar-refractivity contribution is 9.10. The van der Waals surface area contributed by atoms with Gasteiger partial charge in [-0.3, -0.25) is 4.79 Å². The van der Waals surface area contributed by atoms with Crippen LogP contribution in [0.3, 0.4) is 0 Å². The molecule has 4 nitrogen and oxygen atoms in total. The lowest BCUT2D eigenvalue weighted by molar-refractivity contribution is 0.112. The second-order valence-electron chi connectivity index (χ2n) is 3.18.